The molecule has 0 amide bonds. The number of aryl methyl sites for hydroxylation is 2. The van der Waals surface area contributed by atoms with Crippen LogP contribution in [0, 0.1) is 0 Å². The lowest BCUT2D eigenvalue weighted by Crippen LogP contribution is -2.12. The number of benzene rings is 1. The molecule has 8 nitrogen and oxygen atoms in total. The molecule has 8 heteroatoms. The summed E-state index contributed by atoms with van der Waals surface area (Å²) in [6, 6.07) is 2.84. The molecular formula is C18H26O8. The molecule has 0 unspecified atom stereocenters. The third-order valence-corrected chi connectivity index (χ3v) is 3.73. The molecule has 26 heavy (non-hydrogen) atoms. The highest BCUT2D eigenvalue weighted by atomic mass is 16.5. The molecule has 0 aliphatic heterocycles. The first-order chi connectivity index (χ1) is 12.5. The van der Waals surface area contributed by atoms with Gasteiger partial charge in [0.2, 0.25) is 0 Å². The van der Waals surface area contributed by atoms with Gasteiger partial charge in [-0.25, -0.2) is 9.59 Å². The zero-order valence-corrected chi connectivity index (χ0v) is 14.6. The van der Waals surface area contributed by atoms with E-state index in [-0.39, 0.29) is 37.6 Å². The van der Waals surface area contributed by atoms with E-state index in [2.05, 4.69) is 0 Å². The number of hydrogen-bond donors (Lipinski definition) is 4. The maximum absolute atomic E-state index is 11.5. The van der Waals surface area contributed by atoms with Crippen LogP contribution in [-0.4, -0.2) is 72.0 Å². The Morgan fingerprint density at radius 1 is 0.731 bits per heavy atom. The Bertz CT molecular complexity index is 538. The summed E-state index contributed by atoms with van der Waals surface area (Å²) < 4.78 is 10.3. The lowest BCUT2D eigenvalue weighted by molar-refractivity contribution is 0.0694. The molecule has 0 saturated heterocycles. The Kier molecular flexibility index (Phi) is 10.5. The summed E-state index contributed by atoms with van der Waals surface area (Å²) in [7, 11) is 0. The lowest BCUT2D eigenvalue weighted by atomic mass is 9.93. The SMILES string of the molecule is O=C(O)c1cc(C(=O)O)c(CCCOCCO)cc1CCCOCCO. The Morgan fingerprint density at radius 2 is 1.15 bits per heavy atom. The van der Waals surface area contributed by atoms with E-state index in [1.165, 1.54) is 6.07 Å². The number of carboxylic acid groups (broad SMARTS) is 2. The normalized spacial score (nSPS) is 10.8. The number of aliphatic hydroxyl groups excluding tert-OH is 2. The predicted molar refractivity (Wildman–Crippen MR) is 92.8 cm³/mol. The second-order valence-corrected chi connectivity index (χ2v) is 5.66. The summed E-state index contributed by atoms with van der Waals surface area (Å²) in [5.41, 5.74) is 1.07. The molecule has 4 N–H and O–H groups in total. The first-order valence-corrected chi connectivity index (χ1v) is 8.50. The van der Waals surface area contributed by atoms with Crippen LogP contribution in [0.5, 0.6) is 0 Å². The van der Waals surface area contributed by atoms with Crippen molar-refractivity contribution < 1.29 is 39.5 Å². The van der Waals surface area contributed by atoms with E-state index in [0.717, 1.165) is 0 Å². The maximum atomic E-state index is 11.5. The van der Waals surface area contributed by atoms with E-state index >= 15 is 0 Å². The average Bonchev–Trinajstić information content (AvgIpc) is 2.60. The van der Waals surface area contributed by atoms with Crippen LogP contribution in [-0.2, 0) is 22.3 Å². The van der Waals surface area contributed by atoms with Gasteiger partial charge in [0, 0.05) is 13.2 Å². The van der Waals surface area contributed by atoms with Crippen molar-refractivity contribution in [3.05, 3.63) is 34.4 Å². The van der Waals surface area contributed by atoms with Crippen LogP contribution in [0.3, 0.4) is 0 Å². The molecule has 0 radical (unpaired) electrons. The lowest BCUT2D eigenvalue weighted by Gasteiger charge is -2.13. The van der Waals surface area contributed by atoms with Crippen LogP contribution in [0.4, 0.5) is 0 Å². The van der Waals surface area contributed by atoms with Gasteiger partial charge in [-0.2, -0.15) is 0 Å². The molecule has 0 aromatic heterocycles. The van der Waals surface area contributed by atoms with Crippen LogP contribution in [0.25, 0.3) is 0 Å². The molecule has 0 saturated carbocycles. The van der Waals surface area contributed by atoms with Gasteiger partial charge in [0.1, 0.15) is 0 Å². The highest BCUT2D eigenvalue weighted by molar-refractivity contribution is 5.96. The third-order valence-electron chi connectivity index (χ3n) is 3.73. The molecule has 0 fully saturated rings. The molecule has 0 aliphatic carbocycles. The summed E-state index contributed by atoms with van der Waals surface area (Å²) in [5.74, 6) is -2.34. The number of carboxylic acids is 2. The molecule has 1 aromatic carbocycles. The number of aromatic carboxylic acids is 2. The van der Waals surface area contributed by atoms with E-state index in [1.807, 2.05) is 0 Å². The summed E-state index contributed by atoms with van der Waals surface area (Å²) >= 11 is 0. The van der Waals surface area contributed by atoms with Crippen molar-refractivity contribution in [2.24, 2.45) is 0 Å². The minimum atomic E-state index is -1.17. The third kappa shape index (κ3) is 7.49. The summed E-state index contributed by atoms with van der Waals surface area (Å²) in [6.07, 6.45) is 1.99. The van der Waals surface area contributed by atoms with Crippen molar-refractivity contribution in [3.63, 3.8) is 0 Å². The minimum Gasteiger partial charge on any atom is -0.478 e. The molecule has 0 spiro atoms. The number of rotatable bonds is 14. The summed E-state index contributed by atoms with van der Waals surface area (Å²) in [4.78, 5) is 22.9. The van der Waals surface area contributed by atoms with Crippen LogP contribution in [0.2, 0.25) is 0 Å². The molecule has 146 valence electrons. The monoisotopic (exact) mass is 370 g/mol. The van der Waals surface area contributed by atoms with Crippen molar-refractivity contribution in [1.82, 2.24) is 0 Å². The predicted octanol–water partition coefficient (Wildman–Crippen LogP) is 0.966. The Balaban J connectivity index is 2.89. The largest absolute Gasteiger partial charge is 0.478 e. The van der Waals surface area contributed by atoms with Crippen molar-refractivity contribution in [3.8, 4) is 0 Å². The standard InChI is InChI=1S/C18H26O8/c19-5-9-25-7-1-3-13-11-14(4-2-8-26-10-6-20)16(18(23)24)12-15(13)17(21)22/h11-12,19-20H,1-10H2,(H,21,22)(H,23,24). The number of ether oxygens (including phenoxy) is 2. The molecule has 1 rings (SSSR count). The van der Waals surface area contributed by atoms with Gasteiger partial charge in [0.25, 0.3) is 0 Å². The van der Waals surface area contributed by atoms with Gasteiger partial charge in [0.05, 0.1) is 37.6 Å². The molecule has 0 atom stereocenters. The number of aliphatic hydroxyl groups is 2. The average molecular weight is 370 g/mol. The fraction of sp³-hybridized carbons (Fsp3) is 0.556. The first-order valence-electron chi connectivity index (χ1n) is 8.50. The Morgan fingerprint density at radius 3 is 1.50 bits per heavy atom. The molecule has 1 aromatic rings. The van der Waals surface area contributed by atoms with E-state index in [1.54, 1.807) is 6.07 Å². The van der Waals surface area contributed by atoms with Crippen molar-refractivity contribution in [2.75, 3.05) is 39.6 Å². The number of hydrogen-bond acceptors (Lipinski definition) is 6. The first kappa shape index (κ1) is 22.0. The quantitative estimate of drug-likeness (QED) is 0.356. The van der Waals surface area contributed by atoms with E-state index < -0.39 is 11.9 Å². The fourth-order valence-corrected chi connectivity index (χ4v) is 2.57. The van der Waals surface area contributed by atoms with Gasteiger partial charge in [-0.05, 0) is 42.9 Å². The number of carbonyl (C=O) groups is 2. The summed E-state index contributed by atoms with van der Waals surface area (Å²) in [5, 5.41) is 36.1. The van der Waals surface area contributed by atoms with Gasteiger partial charge >= 0.3 is 11.9 Å². The van der Waals surface area contributed by atoms with E-state index in [9.17, 15) is 19.8 Å². The molecule has 0 heterocycles. The van der Waals surface area contributed by atoms with E-state index in [0.29, 0.717) is 50.0 Å². The van der Waals surface area contributed by atoms with Gasteiger partial charge in [-0.1, -0.05) is 6.07 Å². The smallest absolute Gasteiger partial charge is 0.335 e. The minimum absolute atomic E-state index is 0.0233. The van der Waals surface area contributed by atoms with Crippen LogP contribution in [0.1, 0.15) is 44.7 Å². The molecule has 0 aliphatic rings. The highest BCUT2D eigenvalue weighted by Gasteiger charge is 2.18. The zero-order valence-electron chi connectivity index (χ0n) is 14.6. The van der Waals surface area contributed by atoms with Crippen molar-refractivity contribution in [2.45, 2.75) is 25.7 Å². The van der Waals surface area contributed by atoms with Crippen LogP contribution >= 0.6 is 0 Å². The second kappa shape index (κ2) is 12.4. The topological polar surface area (TPSA) is 134 Å². The van der Waals surface area contributed by atoms with Crippen LogP contribution < -0.4 is 0 Å². The zero-order chi connectivity index (χ0) is 19.4. The second-order valence-electron chi connectivity index (χ2n) is 5.66. The fourth-order valence-electron chi connectivity index (χ4n) is 2.57. The van der Waals surface area contributed by atoms with Crippen molar-refractivity contribution >= 4 is 11.9 Å². The summed E-state index contributed by atoms with van der Waals surface area (Å²) in [6.45, 7) is 1.06. The molecule has 0 bridgehead atoms. The van der Waals surface area contributed by atoms with Crippen molar-refractivity contribution in [1.29, 1.82) is 0 Å². The van der Waals surface area contributed by atoms with Gasteiger partial charge in [-0.15, -0.1) is 0 Å². The van der Waals surface area contributed by atoms with Crippen LogP contribution in [0.15, 0.2) is 12.1 Å². The molecular weight excluding hydrogens is 344 g/mol. The van der Waals surface area contributed by atoms with Gasteiger partial charge in [0.15, 0.2) is 0 Å². The van der Waals surface area contributed by atoms with Gasteiger partial charge < -0.3 is 29.9 Å². The Labute approximate surface area is 152 Å². The Hall–Kier alpha value is -2.00. The van der Waals surface area contributed by atoms with Gasteiger partial charge in [-0.3, -0.25) is 0 Å². The highest BCUT2D eigenvalue weighted by Crippen LogP contribution is 2.21. The maximum Gasteiger partial charge on any atom is 0.335 e. The van der Waals surface area contributed by atoms with E-state index in [4.69, 9.17) is 19.7 Å².